The highest BCUT2D eigenvalue weighted by Gasteiger charge is 2.17. The number of aliphatic hydroxyl groups excluding tert-OH is 1. The SMILES string of the molecule is COCCN(Cc1ccccc1OC)CC(O)COC(C)(C)C. The minimum Gasteiger partial charge on any atom is -0.496 e. The molecule has 0 radical (unpaired) electrons. The quantitative estimate of drug-likeness (QED) is 0.715. The van der Waals surface area contributed by atoms with E-state index in [1.807, 2.05) is 45.0 Å². The van der Waals surface area contributed by atoms with Gasteiger partial charge in [-0.25, -0.2) is 0 Å². The highest BCUT2D eigenvalue weighted by Crippen LogP contribution is 2.19. The van der Waals surface area contributed by atoms with Crippen molar-refractivity contribution in [3.8, 4) is 5.75 Å². The maximum Gasteiger partial charge on any atom is 0.123 e. The van der Waals surface area contributed by atoms with E-state index >= 15 is 0 Å². The molecule has 1 atom stereocenters. The van der Waals surface area contributed by atoms with E-state index in [0.717, 1.165) is 17.9 Å². The number of nitrogens with zero attached hydrogens (tertiary/aromatic N) is 1. The van der Waals surface area contributed by atoms with Crippen LogP contribution < -0.4 is 4.74 Å². The van der Waals surface area contributed by atoms with Gasteiger partial charge in [-0.05, 0) is 26.8 Å². The van der Waals surface area contributed by atoms with E-state index in [1.54, 1.807) is 14.2 Å². The fraction of sp³-hybridized carbons (Fsp3) is 0.667. The van der Waals surface area contributed by atoms with E-state index in [0.29, 0.717) is 26.3 Å². The average molecular weight is 325 g/mol. The third-order valence-electron chi connectivity index (χ3n) is 3.38. The fourth-order valence-corrected chi connectivity index (χ4v) is 2.23. The first-order chi connectivity index (χ1) is 10.9. The van der Waals surface area contributed by atoms with Gasteiger partial charge in [0.1, 0.15) is 5.75 Å². The van der Waals surface area contributed by atoms with Gasteiger partial charge in [-0.3, -0.25) is 4.90 Å². The van der Waals surface area contributed by atoms with Crippen molar-refractivity contribution in [3.05, 3.63) is 29.8 Å². The zero-order valence-corrected chi connectivity index (χ0v) is 15.0. The monoisotopic (exact) mass is 325 g/mol. The van der Waals surface area contributed by atoms with Crippen LogP contribution in [0.25, 0.3) is 0 Å². The Labute approximate surface area is 140 Å². The third-order valence-corrected chi connectivity index (χ3v) is 3.38. The van der Waals surface area contributed by atoms with Crippen LogP contribution in [0.2, 0.25) is 0 Å². The Morgan fingerprint density at radius 1 is 1.17 bits per heavy atom. The molecule has 0 aliphatic heterocycles. The molecule has 0 aromatic heterocycles. The number of para-hydroxylation sites is 1. The topological polar surface area (TPSA) is 51.2 Å². The number of ether oxygens (including phenoxy) is 3. The molecule has 0 bridgehead atoms. The summed E-state index contributed by atoms with van der Waals surface area (Å²) in [5.74, 6) is 0.857. The van der Waals surface area contributed by atoms with Gasteiger partial charge in [0.2, 0.25) is 0 Å². The highest BCUT2D eigenvalue weighted by atomic mass is 16.5. The van der Waals surface area contributed by atoms with Crippen molar-refractivity contribution in [1.29, 1.82) is 0 Å². The zero-order valence-electron chi connectivity index (χ0n) is 15.0. The molecule has 5 heteroatoms. The van der Waals surface area contributed by atoms with E-state index in [2.05, 4.69) is 4.90 Å². The minimum atomic E-state index is -0.541. The number of hydrogen-bond donors (Lipinski definition) is 1. The van der Waals surface area contributed by atoms with Gasteiger partial charge in [0.25, 0.3) is 0 Å². The molecular formula is C18H31NO4. The van der Waals surface area contributed by atoms with Crippen molar-refractivity contribution < 1.29 is 19.3 Å². The van der Waals surface area contributed by atoms with E-state index in [9.17, 15) is 5.11 Å². The molecule has 0 amide bonds. The molecule has 1 aromatic rings. The second-order valence-electron chi connectivity index (χ2n) is 6.62. The summed E-state index contributed by atoms with van der Waals surface area (Å²) < 4.78 is 16.2. The molecule has 0 aliphatic rings. The molecule has 0 aliphatic carbocycles. The maximum absolute atomic E-state index is 10.2. The lowest BCUT2D eigenvalue weighted by atomic mass is 10.1. The molecule has 0 saturated carbocycles. The first-order valence-corrected chi connectivity index (χ1v) is 8.01. The minimum absolute atomic E-state index is 0.249. The Bertz CT molecular complexity index is 445. The molecule has 0 saturated heterocycles. The van der Waals surface area contributed by atoms with E-state index in [1.165, 1.54) is 0 Å². The van der Waals surface area contributed by atoms with Crippen molar-refractivity contribution >= 4 is 0 Å². The molecule has 1 unspecified atom stereocenters. The molecular weight excluding hydrogens is 294 g/mol. The summed E-state index contributed by atoms with van der Waals surface area (Å²) in [7, 11) is 3.35. The summed E-state index contributed by atoms with van der Waals surface area (Å²) in [6.45, 7) is 8.84. The lowest BCUT2D eigenvalue weighted by molar-refractivity contribution is -0.0577. The van der Waals surface area contributed by atoms with Crippen LogP contribution in [0.3, 0.4) is 0 Å². The van der Waals surface area contributed by atoms with Crippen molar-refractivity contribution in [2.75, 3.05) is 40.5 Å². The van der Waals surface area contributed by atoms with Crippen molar-refractivity contribution in [1.82, 2.24) is 4.90 Å². The third kappa shape index (κ3) is 8.32. The molecule has 1 rings (SSSR count). The molecule has 0 heterocycles. The van der Waals surface area contributed by atoms with Crippen LogP contribution in [-0.2, 0) is 16.0 Å². The van der Waals surface area contributed by atoms with Gasteiger partial charge in [0.05, 0.1) is 32.0 Å². The molecule has 0 fully saturated rings. The summed E-state index contributed by atoms with van der Waals surface area (Å²) in [5.41, 5.74) is 0.844. The Morgan fingerprint density at radius 2 is 1.87 bits per heavy atom. The Kier molecular flexibility index (Phi) is 8.55. The van der Waals surface area contributed by atoms with Gasteiger partial charge in [-0.15, -0.1) is 0 Å². The summed E-state index contributed by atoms with van der Waals surface area (Å²) >= 11 is 0. The van der Waals surface area contributed by atoms with Crippen LogP contribution in [0.15, 0.2) is 24.3 Å². The van der Waals surface area contributed by atoms with Crippen molar-refractivity contribution in [2.24, 2.45) is 0 Å². The van der Waals surface area contributed by atoms with Crippen LogP contribution in [0, 0.1) is 0 Å². The Hall–Kier alpha value is -1.14. The lowest BCUT2D eigenvalue weighted by Gasteiger charge is -2.27. The summed E-state index contributed by atoms with van der Waals surface area (Å²) in [4.78, 5) is 2.15. The number of methoxy groups -OCH3 is 2. The molecule has 1 aromatic carbocycles. The predicted octanol–water partition coefficient (Wildman–Crippen LogP) is 2.32. The standard InChI is InChI=1S/C18H31NO4/c1-18(2,3)23-14-16(20)13-19(10-11-21-4)12-15-8-6-7-9-17(15)22-5/h6-9,16,20H,10-14H2,1-5H3. The van der Waals surface area contributed by atoms with Gasteiger partial charge < -0.3 is 19.3 Å². The van der Waals surface area contributed by atoms with Gasteiger partial charge in [-0.2, -0.15) is 0 Å². The Balaban J connectivity index is 2.64. The normalized spacial score (nSPS) is 13.3. The predicted molar refractivity (Wildman–Crippen MR) is 91.9 cm³/mol. The highest BCUT2D eigenvalue weighted by molar-refractivity contribution is 5.33. The largest absolute Gasteiger partial charge is 0.496 e. The summed E-state index contributed by atoms with van der Waals surface area (Å²) in [6, 6.07) is 7.93. The average Bonchev–Trinajstić information content (AvgIpc) is 2.50. The molecule has 1 N–H and O–H groups in total. The van der Waals surface area contributed by atoms with Crippen LogP contribution in [-0.4, -0.2) is 62.2 Å². The number of aliphatic hydroxyl groups is 1. The van der Waals surface area contributed by atoms with Crippen molar-refractivity contribution in [3.63, 3.8) is 0 Å². The van der Waals surface area contributed by atoms with Gasteiger partial charge in [0, 0.05) is 32.3 Å². The second-order valence-corrected chi connectivity index (χ2v) is 6.62. The second kappa shape index (κ2) is 9.88. The molecule has 23 heavy (non-hydrogen) atoms. The summed E-state index contributed by atoms with van der Waals surface area (Å²) in [5, 5.41) is 10.2. The smallest absolute Gasteiger partial charge is 0.123 e. The van der Waals surface area contributed by atoms with E-state index in [4.69, 9.17) is 14.2 Å². The van der Waals surface area contributed by atoms with E-state index < -0.39 is 6.10 Å². The number of rotatable bonds is 10. The Morgan fingerprint density at radius 3 is 2.48 bits per heavy atom. The van der Waals surface area contributed by atoms with Crippen LogP contribution in [0.4, 0.5) is 0 Å². The fourth-order valence-electron chi connectivity index (χ4n) is 2.23. The van der Waals surface area contributed by atoms with Crippen molar-refractivity contribution in [2.45, 2.75) is 39.0 Å². The molecule has 5 nitrogen and oxygen atoms in total. The van der Waals surface area contributed by atoms with Crippen LogP contribution >= 0.6 is 0 Å². The van der Waals surface area contributed by atoms with Crippen LogP contribution in [0.5, 0.6) is 5.75 Å². The van der Waals surface area contributed by atoms with Crippen LogP contribution in [0.1, 0.15) is 26.3 Å². The van der Waals surface area contributed by atoms with Gasteiger partial charge >= 0.3 is 0 Å². The lowest BCUT2D eigenvalue weighted by Crippen LogP contribution is -2.38. The molecule has 132 valence electrons. The summed E-state index contributed by atoms with van der Waals surface area (Å²) in [6.07, 6.45) is -0.541. The maximum atomic E-state index is 10.2. The number of benzene rings is 1. The zero-order chi connectivity index (χ0) is 17.3. The van der Waals surface area contributed by atoms with E-state index in [-0.39, 0.29) is 5.60 Å². The molecule has 0 spiro atoms. The first kappa shape index (κ1) is 19.9. The van der Waals surface area contributed by atoms with Gasteiger partial charge in [0.15, 0.2) is 0 Å². The van der Waals surface area contributed by atoms with Gasteiger partial charge in [-0.1, -0.05) is 18.2 Å². The first-order valence-electron chi connectivity index (χ1n) is 8.01. The number of hydrogen-bond acceptors (Lipinski definition) is 5.